The molecule has 0 amide bonds. The molecule has 0 aliphatic heterocycles. The van der Waals surface area contributed by atoms with Crippen molar-refractivity contribution >= 4 is 60.2 Å². The maximum absolute atomic E-state index is 13.4. The topological polar surface area (TPSA) is 17.1 Å². The van der Waals surface area contributed by atoms with Crippen LogP contribution in [0.1, 0.15) is 10.4 Å². The van der Waals surface area contributed by atoms with Crippen molar-refractivity contribution < 1.29 is 9.18 Å². The Morgan fingerprint density at radius 2 is 2.15 bits per heavy atom. The highest BCUT2D eigenvalue weighted by molar-refractivity contribution is 14.1. The predicted octanol–water partition coefficient (Wildman–Crippen LogP) is 3.77. The minimum absolute atomic E-state index is 0.135. The van der Waals surface area contributed by atoms with E-state index >= 15 is 0 Å². The summed E-state index contributed by atoms with van der Waals surface area (Å²) in [5, 5.41) is 0.135. The molecule has 1 rings (SSSR count). The first-order chi connectivity index (χ1) is 6.07. The van der Waals surface area contributed by atoms with Crippen LogP contribution in [0.25, 0.3) is 0 Å². The van der Waals surface area contributed by atoms with Crippen molar-refractivity contribution in [3.63, 3.8) is 0 Å². The maximum atomic E-state index is 13.4. The van der Waals surface area contributed by atoms with Crippen LogP contribution in [-0.2, 0) is 0 Å². The molecule has 0 aliphatic rings. The van der Waals surface area contributed by atoms with Crippen LogP contribution in [-0.4, -0.2) is 11.1 Å². The second kappa shape index (κ2) is 4.84. The van der Waals surface area contributed by atoms with E-state index in [9.17, 15) is 9.18 Å². The Balaban J connectivity index is 3.33. The van der Waals surface area contributed by atoms with E-state index in [1.807, 2.05) is 22.6 Å². The minimum atomic E-state index is -0.489. The third kappa shape index (κ3) is 2.50. The molecule has 70 valence electrons. The summed E-state index contributed by atoms with van der Waals surface area (Å²) in [5.74, 6) is -0.737. The average Bonchev–Trinajstić information content (AvgIpc) is 2.12. The third-order valence-electron chi connectivity index (χ3n) is 1.44. The lowest BCUT2D eigenvalue weighted by molar-refractivity contribution is 0.101. The van der Waals surface area contributed by atoms with E-state index in [0.29, 0.717) is 8.04 Å². The SMILES string of the molecule is O=C(CBr)c1c(I)ccc(Br)c1F. The summed E-state index contributed by atoms with van der Waals surface area (Å²) in [7, 11) is 0. The monoisotopic (exact) mass is 420 g/mol. The molecular formula is C8H4Br2FIO. The van der Waals surface area contributed by atoms with Crippen LogP contribution in [0.4, 0.5) is 4.39 Å². The van der Waals surface area contributed by atoms with Crippen molar-refractivity contribution in [2.24, 2.45) is 0 Å². The van der Waals surface area contributed by atoms with Gasteiger partial charge in [0.05, 0.1) is 15.4 Å². The predicted molar refractivity (Wildman–Crippen MR) is 64.9 cm³/mol. The Bertz CT molecular complexity index is 354. The van der Waals surface area contributed by atoms with Crippen molar-refractivity contribution in [2.45, 2.75) is 0 Å². The fraction of sp³-hybridized carbons (Fsp3) is 0.125. The van der Waals surface area contributed by atoms with E-state index < -0.39 is 5.82 Å². The van der Waals surface area contributed by atoms with Gasteiger partial charge in [-0.05, 0) is 50.7 Å². The molecule has 5 heteroatoms. The number of hydrogen-bond acceptors (Lipinski definition) is 1. The van der Waals surface area contributed by atoms with Crippen molar-refractivity contribution in [1.82, 2.24) is 0 Å². The lowest BCUT2D eigenvalue weighted by Gasteiger charge is -2.04. The zero-order chi connectivity index (χ0) is 10.0. The van der Waals surface area contributed by atoms with Crippen LogP contribution in [0.15, 0.2) is 16.6 Å². The van der Waals surface area contributed by atoms with Crippen molar-refractivity contribution in [1.29, 1.82) is 0 Å². The Hall–Kier alpha value is 0.510. The molecule has 0 atom stereocenters. The summed E-state index contributed by atoms with van der Waals surface area (Å²) in [6.07, 6.45) is 0. The van der Waals surface area contributed by atoms with Crippen LogP contribution in [0.3, 0.4) is 0 Å². The second-order valence-corrected chi connectivity index (χ2v) is 4.85. The zero-order valence-electron chi connectivity index (χ0n) is 6.28. The van der Waals surface area contributed by atoms with Gasteiger partial charge in [0.25, 0.3) is 0 Å². The van der Waals surface area contributed by atoms with Crippen LogP contribution in [0, 0.1) is 9.39 Å². The summed E-state index contributed by atoms with van der Waals surface area (Å²) in [4.78, 5) is 11.3. The molecule has 0 radical (unpaired) electrons. The normalized spacial score (nSPS) is 10.2. The molecule has 13 heavy (non-hydrogen) atoms. The van der Waals surface area contributed by atoms with E-state index in [2.05, 4.69) is 31.9 Å². The number of benzene rings is 1. The smallest absolute Gasteiger partial charge is 0.177 e. The quantitative estimate of drug-likeness (QED) is 0.307. The first-order valence-corrected chi connectivity index (χ1v) is 6.30. The Kier molecular flexibility index (Phi) is 4.31. The van der Waals surface area contributed by atoms with Crippen molar-refractivity contribution in [2.75, 3.05) is 5.33 Å². The minimum Gasteiger partial charge on any atom is -0.293 e. The number of carbonyl (C=O) groups excluding carboxylic acids is 1. The standard InChI is InChI=1S/C8H4Br2FIO/c9-3-6(13)7-5(12)2-1-4(10)8(7)11/h1-2H,3H2. The van der Waals surface area contributed by atoms with Gasteiger partial charge in [-0.15, -0.1) is 0 Å². The van der Waals surface area contributed by atoms with E-state index in [-0.39, 0.29) is 16.7 Å². The highest BCUT2D eigenvalue weighted by Gasteiger charge is 2.16. The van der Waals surface area contributed by atoms with Crippen LogP contribution >= 0.6 is 54.5 Å². The number of hydrogen-bond donors (Lipinski definition) is 0. The number of alkyl halides is 1. The Labute approximate surface area is 105 Å². The molecule has 0 heterocycles. The van der Waals surface area contributed by atoms with Crippen LogP contribution in [0.2, 0.25) is 0 Å². The molecule has 1 nitrogen and oxygen atoms in total. The Morgan fingerprint density at radius 1 is 1.54 bits per heavy atom. The van der Waals surface area contributed by atoms with Gasteiger partial charge in [-0.3, -0.25) is 4.79 Å². The molecule has 0 N–H and O–H groups in total. The van der Waals surface area contributed by atoms with Gasteiger partial charge >= 0.3 is 0 Å². The summed E-state index contributed by atoms with van der Waals surface area (Å²) >= 11 is 7.98. The van der Waals surface area contributed by atoms with Crippen LogP contribution in [0.5, 0.6) is 0 Å². The largest absolute Gasteiger partial charge is 0.293 e. The lowest BCUT2D eigenvalue weighted by Crippen LogP contribution is -2.06. The summed E-state index contributed by atoms with van der Waals surface area (Å²) in [6.45, 7) is 0. The van der Waals surface area contributed by atoms with Gasteiger partial charge in [-0.2, -0.15) is 0 Å². The van der Waals surface area contributed by atoms with Gasteiger partial charge in [0.1, 0.15) is 5.82 Å². The second-order valence-electron chi connectivity index (χ2n) is 2.27. The lowest BCUT2D eigenvalue weighted by atomic mass is 10.1. The van der Waals surface area contributed by atoms with Gasteiger partial charge in [-0.1, -0.05) is 15.9 Å². The van der Waals surface area contributed by atoms with Gasteiger partial charge in [0.2, 0.25) is 0 Å². The third-order valence-corrected chi connectivity index (χ3v) is 3.46. The van der Waals surface area contributed by atoms with Gasteiger partial charge in [0.15, 0.2) is 5.78 Å². The first-order valence-electron chi connectivity index (χ1n) is 3.30. The van der Waals surface area contributed by atoms with E-state index in [4.69, 9.17) is 0 Å². The summed E-state index contributed by atoms with van der Waals surface area (Å²) < 4.78 is 14.4. The van der Waals surface area contributed by atoms with Gasteiger partial charge < -0.3 is 0 Å². The molecule has 0 aliphatic carbocycles. The first kappa shape index (κ1) is 11.6. The number of Topliss-reactive ketones (excluding diaryl/α,β-unsaturated/α-hetero) is 1. The molecule has 0 saturated carbocycles. The maximum Gasteiger partial charge on any atom is 0.177 e. The highest BCUT2D eigenvalue weighted by atomic mass is 127. The highest BCUT2D eigenvalue weighted by Crippen LogP contribution is 2.24. The summed E-state index contributed by atoms with van der Waals surface area (Å²) in [5.41, 5.74) is 0.145. The number of carbonyl (C=O) groups is 1. The molecule has 0 aromatic heterocycles. The van der Waals surface area contributed by atoms with E-state index in [1.54, 1.807) is 12.1 Å². The molecule has 0 fully saturated rings. The molecule has 0 bridgehead atoms. The van der Waals surface area contributed by atoms with E-state index in [1.165, 1.54) is 0 Å². The summed E-state index contributed by atoms with van der Waals surface area (Å²) in [6, 6.07) is 3.28. The van der Waals surface area contributed by atoms with Crippen LogP contribution < -0.4 is 0 Å². The molecular weight excluding hydrogens is 418 g/mol. The molecule has 0 unspecified atom stereocenters. The molecule has 1 aromatic carbocycles. The number of ketones is 1. The van der Waals surface area contributed by atoms with Crippen molar-refractivity contribution in [3.05, 3.63) is 31.6 Å². The Morgan fingerprint density at radius 3 is 2.69 bits per heavy atom. The number of halogens is 4. The molecule has 0 spiro atoms. The molecule has 0 saturated heterocycles. The molecule has 1 aromatic rings. The fourth-order valence-electron chi connectivity index (χ4n) is 0.849. The number of rotatable bonds is 2. The van der Waals surface area contributed by atoms with Crippen molar-refractivity contribution in [3.8, 4) is 0 Å². The zero-order valence-corrected chi connectivity index (χ0v) is 11.6. The van der Waals surface area contributed by atoms with E-state index in [0.717, 1.165) is 0 Å². The van der Waals surface area contributed by atoms with Gasteiger partial charge in [-0.25, -0.2) is 4.39 Å². The van der Waals surface area contributed by atoms with Gasteiger partial charge in [0, 0.05) is 3.57 Å². The fourth-order valence-corrected chi connectivity index (χ4v) is 2.18. The average molecular weight is 422 g/mol.